The summed E-state index contributed by atoms with van der Waals surface area (Å²) in [4.78, 5) is 0. The average Bonchev–Trinajstić information content (AvgIpc) is 2.45. The topological polar surface area (TPSA) is 78.9 Å². The highest BCUT2D eigenvalue weighted by Crippen LogP contribution is 2.35. The van der Waals surface area contributed by atoms with E-state index in [4.69, 9.17) is 4.74 Å². The predicted molar refractivity (Wildman–Crippen MR) is 81.1 cm³/mol. The molecule has 2 fully saturated rings. The van der Waals surface area contributed by atoms with Crippen LogP contribution in [-0.2, 0) is 14.9 Å². The highest BCUT2D eigenvalue weighted by molar-refractivity contribution is 7.87. The van der Waals surface area contributed by atoms with Crippen LogP contribution in [0, 0.1) is 5.41 Å². The predicted octanol–water partition coefficient (Wildman–Crippen LogP) is 0.873. The average molecular weight is 320 g/mol. The maximum Gasteiger partial charge on any atom is 0.279 e. The first kappa shape index (κ1) is 17.1. The van der Waals surface area contributed by atoms with E-state index in [1.807, 2.05) is 13.8 Å². The van der Waals surface area contributed by atoms with Gasteiger partial charge in [-0.3, -0.25) is 0 Å². The second-order valence-corrected chi connectivity index (χ2v) is 8.37. The molecule has 6 nitrogen and oxygen atoms in total. The summed E-state index contributed by atoms with van der Waals surface area (Å²) >= 11 is 0. The summed E-state index contributed by atoms with van der Waals surface area (Å²) in [6, 6.07) is 0. The molecule has 0 bridgehead atoms. The number of rotatable bonds is 5. The SMILES string of the molecule is CC1CN(S(=O)(=O)NCC2(CO)CCCCC2)CC(C)O1. The molecule has 2 unspecified atom stereocenters. The fraction of sp³-hybridized carbons (Fsp3) is 1.00. The number of hydrogen-bond donors (Lipinski definition) is 2. The van der Waals surface area contributed by atoms with Gasteiger partial charge in [0.1, 0.15) is 0 Å². The molecule has 0 spiro atoms. The highest BCUT2D eigenvalue weighted by Gasteiger charge is 2.35. The molecule has 2 N–H and O–H groups in total. The summed E-state index contributed by atoms with van der Waals surface area (Å²) < 4.78 is 34.7. The number of hydrogen-bond acceptors (Lipinski definition) is 4. The minimum atomic E-state index is -3.50. The van der Waals surface area contributed by atoms with Crippen molar-refractivity contribution < 1.29 is 18.3 Å². The lowest BCUT2D eigenvalue weighted by Gasteiger charge is -2.38. The zero-order valence-corrected chi connectivity index (χ0v) is 13.9. The van der Waals surface area contributed by atoms with Crippen LogP contribution in [0.5, 0.6) is 0 Å². The number of aliphatic hydroxyl groups excluding tert-OH is 1. The molecular weight excluding hydrogens is 292 g/mol. The summed E-state index contributed by atoms with van der Waals surface area (Å²) in [5.41, 5.74) is -0.283. The first-order chi connectivity index (χ1) is 9.87. The van der Waals surface area contributed by atoms with Gasteiger partial charge in [-0.1, -0.05) is 19.3 Å². The van der Waals surface area contributed by atoms with E-state index in [0.29, 0.717) is 19.6 Å². The van der Waals surface area contributed by atoms with Crippen molar-refractivity contribution in [2.45, 2.75) is 58.2 Å². The van der Waals surface area contributed by atoms with E-state index < -0.39 is 10.2 Å². The number of aliphatic hydroxyl groups is 1. The lowest BCUT2D eigenvalue weighted by Crippen LogP contribution is -2.53. The van der Waals surface area contributed by atoms with E-state index in [9.17, 15) is 13.5 Å². The Balaban J connectivity index is 1.97. The first-order valence-electron chi connectivity index (χ1n) is 7.88. The molecule has 0 aromatic rings. The van der Waals surface area contributed by atoms with Gasteiger partial charge in [-0.15, -0.1) is 0 Å². The molecule has 2 aliphatic rings. The van der Waals surface area contributed by atoms with Gasteiger partial charge in [-0.05, 0) is 26.7 Å². The minimum absolute atomic E-state index is 0.0471. The molecular formula is C14H28N2O4S. The van der Waals surface area contributed by atoms with Crippen LogP contribution >= 0.6 is 0 Å². The van der Waals surface area contributed by atoms with Crippen LogP contribution in [0.4, 0.5) is 0 Å². The van der Waals surface area contributed by atoms with Gasteiger partial charge in [-0.25, -0.2) is 4.72 Å². The van der Waals surface area contributed by atoms with Gasteiger partial charge < -0.3 is 9.84 Å². The van der Waals surface area contributed by atoms with Crippen molar-refractivity contribution in [1.82, 2.24) is 9.03 Å². The molecule has 124 valence electrons. The third-order valence-electron chi connectivity index (χ3n) is 4.61. The molecule has 1 aliphatic carbocycles. The Morgan fingerprint density at radius 2 is 1.76 bits per heavy atom. The summed E-state index contributed by atoms with van der Waals surface area (Å²) in [5, 5.41) is 9.66. The normalized spacial score (nSPS) is 31.2. The van der Waals surface area contributed by atoms with Crippen molar-refractivity contribution >= 4 is 10.2 Å². The maximum absolute atomic E-state index is 12.5. The van der Waals surface area contributed by atoms with Gasteiger partial charge in [0, 0.05) is 31.7 Å². The van der Waals surface area contributed by atoms with Crippen molar-refractivity contribution in [3.8, 4) is 0 Å². The number of nitrogens with zero attached hydrogens (tertiary/aromatic N) is 1. The van der Waals surface area contributed by atoms with Crippen molar-refractivity contribution in [2.75, 3.05) is 26.2 Å². The molecule has 0 amide bonds. The van der Waals surface area contributed by atoms with E-state index in [2.05, 4.69) is 4.72 Å². The Labute approximate surface area is 128 Å². The molecule has 1 heterocycles. The molecule has 2 rings (SSSR count). The summed E-state index contributed by atoms with van der Waals surface area (Å²) in [6.07, 6.45) is 4.90. The van der Waals surface area contributed by atoms with Gasteiger partial charge in [0.25, 0.3) is 10.2 Å². The highest BCUT2D eigenvalue weighted by atomic mass is 32.2. The monoisotopic (exact) mass is 320 g/mol. The van der Waals surface area contributed by atoms with Crippen LogP contribution in [0.15, 0.2) is 0 Å². The third-order valence-corrected chi connectivity index (χ3v) is 6.09. The van der Waals surface area contributed by atoms with E-state index in [-0.39, 0.29) is 24.2 Å². The van der Waals surface area contributed by atoms with E-state index >= 15 is 0 Å². The van der Waals surface area contributed by atoms with Gasteiger partial charge in [0.2, 0.25) is 0 Å². The van der Waals surface area contributed by atoms with Crippen molar-refractivity contribution in [2.24, 2.45) is 5.41 Å². The Bertz CT molecular complexity index is 424. The quantitative estimate of drug-likeness (QED) is 0.788. The second-order valence-electron chi connectivity index (χ2n) is 6.62. The fourth-order valence-corrected chi connectivity index (χ4v) is 4.84. The lowest BCUT2D eigenvalue weighted by atomic mass is 9.75. The first-order valence-corrected chi connectivity index (χ1v) is 9.32. The summed E-state index contributed by atoms with van der Waals surface area (Å²) in [6.45, 7) is 4.90. The number of ether oxygens (including phenoxy) is 1. The minimum Gasteiger partial charge on any atom is -0.396 e. The summed E-state index contributed by atoms with van der Waals surface area (Å²) in [7, 11) is -3.50. The second kappa shape index (κ2) is 6.91. The Morgan fingerprint density at radius 1 is 1.19 bits per heavy atom. The van der Waals surface area contributed by atoms with Crippen LogP contribution in [0.1, 0.15) is 46.0 Å². The molecule has 0 radical (unpaired) electrons. The smallest absolute Gasteiger partial charge is 0.279 e. The van der Waals surface area contributed by atoms with Crippen LogP contribution in [0.2, 0.25) is 0 Å². The molecule has 0 aromatic heterocycles. The van der Waals surface area contributed by atoms with E-state index in [1.54, 1.807) is 0 Å². The number of nitrogens with one attached hydrogen (secondary N) is 1. The molecule has 21 heavy (non-hydrogen) atoms. The van der Waals surface area contributed by atoms with E-state index in [1.165, 1.54) is 10.7 Å². The van der Waals surface area contributed by atoms with Gasteiger partial charge >= 0.3 is 0 Å². The van der Waals surface area contributed by atoms with Crippen molar-refractivity contribution in [3.05, 3.63) is 0 Å². The zero-order chi connectivity index (χ0) is 15.5. The molecule has 7 heteroatoms. The third kappa shape index (κ3) is 4.39. The summed E-state index contributed by atoms with van der Waals surface area (Å²) in [5.74, 6) is 0. The van der Waals surface area contributed by atoms with Crippen LogP contribution in [0.25, 0.3) is 0 Å². The van der Waals surface area contributed by atoms with Gasteiger partial charge in [-0.2, -0.15) is 12.7 Å². The lowest BCUT2D eigenvalue weighted by molar-refractivity contribution is -0.0445. The standard InChI is InChI=1S/C14H28N2O4S/c1-12-8-16(9-13(2)20-12)21(18,19)15-10-14(11-17)6-4-3-5-7-14/h12-13,15,17H,3-11H2,1-2H3. The molecule has 1 saturated heterocycles. The Kier molecular flexibility index (Phi) is 5.65. The van der Waals surface area contributed by atoms with Gasteiger partial charge in [0.15, 0.2) is 0 Å². The molecule has 0 aromatic carbocycles. The van der Waals surface area contributed by atoms with Crippen LogP contribution in [-0.4, -0.2) is 56.3 Å². The molecule has 2 atom stereocenters. The van der Waals surface area contributed by atoms with Crippen LogP contribution in [0.3, 0.4) is 0 Å². The van der Waals surface area contributed by atoms with Crippen molar-refractivity contribution in [1.29, 1.82) is 0 Å². The van der Waals surface area contributed by atoms with Crippen molar-refractivity contribution in [3.63, 3.8) is 0 Å². The number of morpholine rings is 1. The van der Waals surface area contributed by atoms with Crippen LogP contribution < -0.4 is 4.72 Å². The largest absolute Gasteiger partial charge is 0.396 e. The Morgan fingerprint density at radius 3 is 2.29 bits per heavy atom. The molecule has 1 aliphatic heterocycles. The fourth-order valence-electron chi connectivity index (χ4n) is 3.36. The molecule has 1 saturated carbocycles. The van der Waals surface area contributed by atoms with Gasteiger partial charge in [0.05, 0.1) is 12.2 Å². The zero-order valence-electron chi connectivity index (χ0n) is 13.0. The maximum atomic E-state index is 12.5. The Hall–Kier alpha value is -0.210. The van der Waals surface area contributed by atoms with E-state index in [0.717, 1.165) is 25.7 Å².